The van der Waals surface area contributed by atoms with Crippen LogP contribution in [-0.2, 0) is 9.53 Å². The molecule has 0 heterocycles. The van der Waals surface area contributed by atoms with E-state index in [0.29, 0.717) is 16.9 Å². The molecule has 2 rings (SSSR count). The van der Waals surface area contributed by atoms with E-state index in [1.807, 2.05) is 0 Å². The number of ketones is 1. The lowest BCUT2D eigenvalue weighted by molar-refractivity contribution is -0.142. The van der Waals surface area contributed by atoms with Gasteiger partial charge >= 0.3 is 5.97 Å². The molecule has 0 radical (unpaired) electrons. The van der Waals surface area contributed by atoms with Gasteiger partial charge in [0.25, 0.3) is 0 Å². The number of methoxy groups -OCH3 is 2. The molecule has 0 N–H and O–H groups in total. The number of benzene rings is 1. The van der Waals surface area contributed by atoms with Gasteiger partial charge in [0.15, 0.2) is 5.78 Å². The zero-order chi connectivity index (χ0) is 11.7. The van der Waals surface area contributed by atoms with E-state index < -0.39 is 5.92 Å². The van der Waals surface area contributed by atoms with Crippen LogP contribution in [-0.4, -0.2) is 26.0 Å². The van der Waals surface area contributed by atoms with Gasteiger partial charge in [-0.25, -0.2) is 0 Å². The molecule has 1 atom stereocenters. The molecule has 1 unspecified atom stereocenters. The molecule has 0 saturated carbocycles. The van der Waals surface area contributed by atoms with Gasteiger partial charge in [-0.1, -0.05) is 0 Å². The van der Waals surface area contributed by atoms with Crippen molar-refractivity contribution in [2.45, 2.75) is 12.3 Å². The van der Waals surface area contributed by atoms with Crippen LogP contribution in [0.15, 0.2) is 18.2 Å². The van der Waals surface area contributed by atoms with E-state index in [1.165, 1.54) is 7.11 Å². The molecule has 0 saturated heterocycles. The van der Waals surface area contributed by atoms with Gasteiger partial charge in [0, 0.05) is 12.0 Å². The zero-order valence-corrected chi connectivity index (χ0v) is 9.15. The number of fused-ring (bicyclic) bond motifs is 1. The van der Waals surface area contributed by atoms with Gasteiger partial charge in [-0.15, -0.1) is 0 Å². The van der Waals surface area contributed by atoms with E-state index in [4.69, 9.17) is 4.74 Å². The smallest absolute Gasteiger partial charge is 0.313 e. The molecule has 1 aliphatic carbocycles. The molecular formula is C12H12O4. The van der Waals surface area contributed by atoms with Crippen molar-refractivity contribution in [3.05, 3.63) is 29.3 Å². The summed E-state index contributed by atoms with van der Waals surface area (Å²) in [5, 5.41) is 0. The lowest BCUT2D eigenvalue weighted by Crippen LogP contribution is -2.11. The number of esters is 1. The number of ether oxygens (including phenoxy) is 2. The molecule has 0 fully saturated rings. The summed E-state index contributed by atoms with van der Waals surface area (Å²) in [7, 11) is 2.87. The number of carbonyl (C=O) groups is 2. The Morgan fingerprint density at radius 1 is 1.38 bits per heavy atom. The van der Waals surface area contributed by atoms with E-state index in [0.717, 1.165) is 0 Å². The molecule has 0 aliphatic heterocycles. The first-order chi connectivity index (χ1) is 7.67. The van der Waals surface area contributed by atoms with Gasteiger partial charge in [-0.05, 0) is 23.8 Å². The number of Topliss-reactive ketones (excluding diaryl/α,β-unsaturated/α-hetero) is 1. The van der Waals surface area contributed by atoms with Gasteiger partial charge in [0.1, 0.15) is 5.75 Å². The quantitative estimate of drug-likeness (QED) is 0.709. The highest BCUT2D eigenvalue weighted by atomic mass is 16.5. The predicted molar refractivity (Wildman–Crippen MR) is 56.7 cm³/mol. The summed E-state index contributed by atoms with van der Waals surface area (Å²) in [5.41, 5.74) is 1.30. The first-order valence-electron chi connectivity index (χ1n) is 4.96. The van der Waals surface area contributed by atoms with Crippen LogP contribution >= 0.6 is 0 Å². The second-order valence-corrected chi connectivity index (χ2v) is 3.66. The first kappa shape index (κ1) is 10.7. The molecule has 0 aromatic heterocycles. The number of hydrogen-bond donors (Lipinski definition) is 0. The van der Waals surface area contributed by atoms with E-state index in [9.17, 15) is 9.59 Å². The molecule has 1 aliphatic rings. The van der Waals surface area contributed by atoms with Crippen LogP contribution in [0.4, 0.5) is 0 Å². The van der Waals surface area contributed by atoms with E-state index >= 15 is 0 Å². The summed E-state index contributed by atoms with van der Waals surface area (Å²) >= 11 is 0. The SMILES string of the molecule is COC(=O)C1CC(=O)c2ccc(OC)cc21. The van der Waals surface area contributed by atoms with E-state index in [2.05, 4.69) is 4.74 Å². The Morgan fingerprint density at radius 3 is 2.75 bits per heavy atom. The standard InChI is InChI=1S/C12H12O4/c1-15-7-3-4-8-9(5-7)10(6-11(8)13)12(14)16-2/h3-5,10H,6H2,1-2H3. The Labute approximate surface area is 93.2 Å². The van der Waals surface area contributed by atoms with Crippen LogP contribution in [0.3, 0.4) is 0 Å². The highest BCUT2D eigenvalue weighted by molar-refractivity contribution is 6.06. The molecule has 1 aromatic carbocycles. The Kier molecular flexibility index (Phi) is 2.64. The van der Waals surface area contributed by atoms with Crippen LogP contribution in [0, 0.1) is 0 Å². The minimum absolute atomic E-state index is 0.0203. The number of rotatable bonds is 2. The average Bonchev–Trinajstić information content (AvgIpc) is 2.65. The Balaban J connectivity index is 2.46. The van der Waals surface area contributed by atoms with Gasteiger partial charge < -0.3 is 9.47 Å². The molecule has 16 heavy (non-hydrogen) atoms. The fourth-order valence-electron chi connectivity index (χ4n) is 1.97. The van der Waals surface area contributed by atoms with Crippen molar-refractivity contribution in [1.82, 2.24) is 0 Å². The Bertz CT molecular complexity index is 450. The third-order valence-electron chi connectivity index (χ3n) is 2.81. The maximum Gasteiger partial charge on any atom is 0.313 e. The summed E-state index contributed by atoms with van der Waals surface area (Å²) in [6.07, 6.45) is 0.190. The predicted octanol–water partition coefficient (Wildman–Crippen LogP) is 1.54. The summed E-state index contributed by atoms with van der Waals surface area (Å²) in [6.45, 7) is 0. The van der Waals surface area contributed by atoms with Crippen LogP contribution in [0.1, 0.15) is 28.3 Å². The number of carbonyl (C=O) groups excluding carboxylic acids is 2. The molecular weight excluding hydrogens is 208 g/mol. The maximum absolute atomic E-state index is 11.6. The molecule has 0 amide bonds. The minimum atomic E-state index is -0.484. The largest absolute Gasteiger partial charge is 0.497 e. The second-order valence-electron chi connectivity index (χ2n) is 3.66. The molecule has 4 heteroatoms. The topological polar surface area (TPSA) is 52.6 Å². The summed E-state index contributed by atoms with van der Waals surface area (Å²) in [4.78, 5) is 23.2. The Hall–Kier alpha value is -1.84. The average molecular weight is 220 g/mol. The fourth-order valence-corrected chi connectivity index (χ4v) is 1.97. The second kappa shape index (κ2) is 3.96. The molecule has 0 bridgehead atoms. The first-order valence-corrected chi connectivity index (χ1v) is 4.96. The van der Waals surface area contributed by atoms with Crippen LogP contribution in [0.25, 0.3) is 0 Å². The van der Waals surface area contributed by atoms with Crippen LogP contribution < -0.4 is 4.74 Å². The highest BCUT2D eigenvalue weighted by Crippen LogP contribution is 2.36. The molecule has 0 spiro atoms. The molecule has 84 valence electrons. The Morgan fingerprint density at radius 2 is 2.12 bits per heavy atom. The van der Waals surface area contributed by atoms with Gasteiger partial charge in [0.2, 0.25) is 0 Å². The minimum Gasteiger partial charge on any atom is -0.497 e. The van der Waals surface area contributed by atoms with Crippen molar-refractivity contribution in [3.63, 3.8) is 0 Å². The van der Waals surface area contributed by atoms with Crippen molar-refractivity contribution in [2.75, 3.05) is 14.2 Å². The van der Waals surface area contributed by atoms with Gasteiger partial charge in [0.05, 0.1) is 20.1 Å². The summed E-state index contributed by atoms with van der Waals surface area (Å²) < 4.78 is 9.75. The van der Waals surface area contributed by atoms with Crippen molar-refractivity contribution >= 4 is 11.8 Å². The van der Waals surface area contributed by atoms with E-state index in [-0.39, 0.29) is 18.2 Å². The van der Waals surface area contributed by atoms with Crippen LogP contribution in [0.5, 0.6) is 5.75 Å². The van der Waals surface area contributed by atoms with Crippen molar-refractivity contribution < 1.29 is 19.1 Å². The van der Waals surface area contributed by atoms with Crippen molar-refractivity contribution in [3.8, 4) is 5.75 Å². The van der Waals surface area contributed by atoms with Crippen molar-refractivity contribution in [2.24, 2.45) is 0 Å². The lowest BCUT2D eigenvalue weighted by Gasteiger charge is -2.09. The summed E-state index contributed by atoms with van der Waals surface area (Å²) in [6, 6.07) is 5.14. The van der Waals surface area contributed by atoms with Crippen molar-refractivity contribution in [1.29, 1.82) is 0 Å². The third-order valence-corrected chi connectivity index (χ3v) is 2.81. The zero-order valence-electron chi connectivity index (χ0n) is 9.15. The highest BCUT2D eigenvalue weighted by Gasteiger charge is 2.35. The monoisotopic (exact) mass is 220 g/mol. The lowest BCUT2D eigenvalue weighted by atomic mass is 10.0. The third kappa shape index (κ3) is 1.56. The van der Waals surface area contributed by atoms with Crippen LogP contribution in [0.2, 0.25) is 0 Å². The normalized spacial score (nSPS) is 18.1. The molecule has 1 aromatic rings. The van der Waals surface area contributed by atoms with Gasteiger partial charge in [-0.2, -0.15) is 0 Å². The van der Waals surface area contributed by atoms with E-state index in [1.54, 1.807) is 25.3 Å². The number of hydrogen-bond acceptors (Lipinski definition) is 4. The summed E-state index contributed by atoms with van der Waals surface area (Å²) in [5.74, 6) is -0.238. The fraction of sp³-hybridized carbons (Fsp3) is 0.333. The molecule has 4 nitrogen and oxygen atoms in total. The maximum atomic E-state index is 11.6. The van der Waals surface area contributed by atoms with Gasteiger partial charge in [-0.3, -0.25) is 9.59 Å².